The fourth-order valence-corrected chi connectivity index (χ4v) is 5.06. The molecule has 0 spiro atoms. The van der Waals surface area contributed by atoms with Crippen molar-refractivity contribution in [3.05, 3.63) is 69.7 Å². The number of piperidine rings is 1. The SMILES string of the molecule is NNC(=O)CC1CC(c2cccc(Cl)c2)C(C(c2ccc(Cl)cc2)C2CC2)NC1=O. The molecule has 2 aliphatic rings. The van der Waals surface area contributed by atoms with E-state index in [2.05, 4.69) is 22.9 Å². The second kappa shape index (κ2) is 8.96. The van der Waals surface area contributed by atoms with Gasteiger partial charge in [0.05, 0.1) is 0 Å². The van der Waals surface area contributed by atoms with Crippen LogP contribution in [-0.4, -0.2) is 17.9 Å². The molecule has 0 aromatic heterocycles. The molecule has 158 valence electrons. The van der Waals surface area contributed by atoms with Crippen molar-refractivity contribution in [3.63, 3.8) is 0 Å². The predicted molar refractivity (Wildman–Crippen MR) is 118 cm³/mol. The lowest BCUT2D eigenvalue weighted by molar-refractivity contribution is -0.133. The van der Waals surface area contributed by atoms with Crippen LogP contribution in [0.5, 0.6) is 0 Å². The molecule has 30 heavy (non-hydrogen) atoms. The third-order valence-electron chi connectivity index (χ3n) is 6.29. The summed E-state index contributed by atoms with van der Waals surface area (Å²) in [5, 5.41) is 4.62. The molecule has 0 bridgehead atoms. The highest BCUT2D eigenvalue weighted by Crippen LogP contribution is 2.50. The lowest BCUT2D eigenvalue weighted by Gasteiger charge is -2.41. The number of nitrogens with one attached hydrogen (secondary N) is 2. The largest absolute Gasteiger partial charge is 0.352 e. The average Bonchev–Trinajstić information content (AvgIpc) is 3.56. The highest BCUT2D eigenvalue weighted by molar-refractivity contribution is 6.30. The predicted octanol–water partition coefficient (Wildman–Crippen LogP) is 4.16. The smallest absolute Gasteiger partial charge is 0.234 e. The summed E-state index contributed by atoms with van der Waals surface area (Å²) in [6, 6.07) is 15.6. The number of carbonyl (C=O) groups is 2. The number of benzene rings is 2. The Balaban J connectivity index is 1.70. The van der Waals surface area contributed by atoms with Crippen LogP contribution < -0.4 is 16.6 Å². The Hall–Kier alpha value is -2.08. The van der Waals surface area contributed by atoms with Gasteiger partial charge in [-0.3, -0.25) is 15.0 Å². The number of carbonyl (C=O) groups excluding carboxylic acids is 2. The number of hydrogen-bond acceptors (Lipinski definition) is 3. The number of amides is 2. The molecule has 5 nitrogen and oxygen atoms in total. The summed E-state index contributed by atoms with van der Waals surface area (Å²) >= 11 is 12.4. The topological polar surface area (TPSA) is 84.2 Å². The number of hydrazine groups is 1. The van der Waals surface area contributed by atoms with Gasteiger partial charge in [-0.1, -0.05) is 47.5 Å². The van der Waals surface area contributed by atoms with Crippen LogP contribution in [0.15, 0.2) is 48.5 Å². The van der Waals surface area contributed by atoms with Crippen molar-refractivity contribution < 1.29 is 9.59 Å². The Morgan fingerprint density at radius 1 is 1.13 bits per heavy atom. The van der Waals surface area contributed by atoms with Gasteiger partial charge in [0.15, 0.2) is 0 Å². The summed E-state index contributed by atoms with van der Waals surface area (Å²) in [5.74, 6) is 5.12. The van der Waals surface area contributed by atoms with Gasteiger partial charge in [-0.05, 0) is 60.6 Å². The Bertz CT molecular complexity index is 930. The molecule has 1 aliphatic carbocycles. The van der Waals surface area contributed by atoms with Crippen molar-refractivity contribution in [1.29, 1.82) is 0 Å². The minimum absolute atomic E-state index is 0.0400. The summed E-state index contributed by atoms with van der Waals surface area (Å²) < 4.78 is 0. The summed E-state index contributed by atoms with van der Waals surface area (Å²) in [5.41, 5.74) is 4.39. The molecule has 4 atom stereocenters. The first-order valence-electron chi connectivity index (χ1n) is 10.3. The van der Waals surface area contributed by atoms with Gasteiger partial charge >= 0.3 is 0 Å². The van der Waals surface area contributed by atoms with Gasteiger partial charge in [-0.2, -0.15) is 0 Å². The van der Waals surface area contributed by atoms with Gasteiger partial charge in [-0.15, -0.1) is 0 Å². The normalized spacial score (nSPS) is 24.8. The summed E-state index contributed by atoms with van der Waals surface area (Å²) in [7, 11) is 0. The molecule has 2 aromatic rings. The molecule has 4 rings (SSSR count). The van der Waals surface area contributed by atoms with E-state index in [1.807, 2.05) is 36.4 Å². The standard InChI is InChI=1S/C23H25Cl2N3O2/c24-17-8-6-14(7-9-17)21(13-4-5-13)22-19(15-2-1-3-18(25)10-15)11-16(23(30)27-22)12-20(29)28-26/h1-3,6-10,13,16,19,21-22H,4-5,11-12,26H2,(H,27,30)(H,28,29). The van der Waals surface area contributed by atoms with Crippen molar-refractivity contribution in [3.8, 4) is 0 Å². The Morgan fingerprint density at radius 3 is 2.50 bits per heavy atom. The van der Waals surface area contributed by atoms with Crippen LogP contribution >= 0.6 is 23.2 Å². The van der Waals surface area contributed by atoms with E-state index in [1.54, 1.807) is 0 Å². The molecule has 2 fully saturated rings. The molecule has 2 aromatic carbocycles. The van der Waals surface area contributed by atoms with Gasteiger partial charge in [0.2, 0.25) is 11.8 Å². The second-order valence-corrected chi connectivity index (χ2v) is 9.19. The van der Waals surface area contributed by atoms with Gasteiger partial charge in [0.1, 0.15) is 0 Å². The molecular formula is C23H25Cl2N3O2. The maximum Gasteiger partial charge on any atom is 0.234 e. The quantitative estimate of drug-likeness (QED) is 0.354. The van der Waals surface area contributed by atoms with Crippen molar-refractivity contribution >= 4 is 35.0 Å². The zero-order chi connectivity index (χ0) is 21.3. The number of rotatable bonds is 6. The van der Waals surface area contributed by atoms with Crippen LogP contribution in [0.1, 0.15) is 48.6 Å². The minimum atomic E-state index is -0.432. The molecule has 1 saturated heterocycles. The number of halogens is 2. The highest BCUT2D eigenvalue weighted by atomic mass is 35.5. The van der Waals surface area contributed by atoms with Crippen LogP contribution in [0.2, 0.25) is 10.0 Å². The van der Waals surface area contributed by atoms with E-state index in [1.165, 1.54) is 5.56 Å². The Morgan fingerprint density at radius 2 is 1.87 bits per heavy atom. The van der Waals surface area contributed by atoms with E-state index in [9.17, 15) is 9.59 Å². The van der Waals surface area contributed by atoms with Crippen molar-refractivity contribution in [2.75, 3.05) is 0 Å². The average molecular weight is 446 g/mol. The van der Waals surface area contributed by atoms with Crippen LogP contribution in [0.4, 0.5) is 0 Å². The lowest BCUT2D eigenvalue weighted by atomic mass is 9.71. The fraction of sp³-hybridized carbons (Fsp3) is 0.391. The Kier molecular flexibility index (Phi) is 6.32. The van der Waals surface area contributed by atoms with Gasteiger partial charge in [0.25, 0.3) is 0 Å². The zero-order valence-corrected chi connectivity index (χ0v) is 18.0. The van der Waals surface area contributed by atoms with Crippen LogP contribution in [0, 0.1) is 11.8 Å². The van der Waals surface area contributed by atoms with E-state index in [0.29, 0.717) is 22.4 Å². The van der Waals surface area contributed by atoms with E-state index in [4.69, 9.17) is 29.0 Å². The third kappa shape index (κ3) is 4.64. The zero-order valence-electron chi connectivity index (χ0n) is 16.5. The summed E-state index contributed by atoms with van der Waals surface area (Å²) in [4.78, 5) is 24.8. The fourth-order valence-electron chi connectivity index (χ4n) is 4.74. The van der Waals surface area contributed by atoms with Crippen molar-refractivity contribution in [1.82, 2.24) is 10.7 Å². The van der Waals surface area contributed by atoms with Gasteiger partial charge < -0.3 is 5.32 Å². The van der Waals surface area contributed by atoms with Gasteiger partial charge in [-0.25, -0.2) is 5.84 Å². The molecule has 1 saturated carbocycles. The lowest BCUT2D eigenvalue weighted by Crippen LogP contribution is -2.52. The molecule has 7 heteroatoms. The molecule has 1 heterocycles. The van der Waals surface area contributed by atoms with Crippen molar-refractivity contribution in [2.45, 2.75) is 43.6 Å². The summed E-state index contributed by atoms with van der Waals surface area (Å²) in [6.45, 7) is 0. The first kappa shape index (κ1) is 21.2. The van der Waals surface area contributed by atoms with Crippen LogP contribution in [-0.2, 0) is 9.59 Å². The van der Waals surface area contributed by atoms with E-state index in [-0.39, 0.29) is 36.1 Å². The monoisotopic (exact) mass is 445 g/mol. The molecule has 4 N–H and O–H groups in total. The summed E-state index contributed by atoms with van der Waals surface area (Å²) in [6.07, 6.45) is 2.92. The van der Waals surface area contributed by atoms with E-state index in [0.717, 1.165) is 18.4 Å². The highest BCUT2D eigenvalue weighted by Gasteiger charge is 2.46. The Labute approximate surface area is 186 Å². The third-order valence-corrected chi connectivity index (χ3v) is 6.78. The van der Waals surface area contributed by atoms with Crippen LogP contribution in [0.25, 0.3) is 0 Å². The van der Waals surface area contributed by atoms with E-state index >= 15 is 0 Å². The molecule has 4 unspecified atom stereocenters. The maximum atomic E-state index is 13.0. The minimum Gasteiger partial charge on any atom is -0.352 e. The molecular weight excluding hydrogens is 421 g/mol. The maximum absolute atomic E-state index is 13.0. The molecule has 0 radical (unpaired) electrons. The first-order chi connectivity index (χ1) is 14.5. The van der Waals surface area contributed by atoms with Crippen LogP contribution in [0.3, 0.4) is 0 Å². The molecule has 2 amide bonds. The second-order valence-electron chi connectivity index (χ2n) is 8.31. The van der Waals surface area contributed by atoms with E-state index < -0.39 is 5.92 Å². The first-order valence-corrected chi connectivity index (χ1v) is 11.0. The van der Waals surface area contributed by atoms with Gasteiger partial charge in [0, 0.05) is 40.3 Å². The van der Waals surface area contributed by atoms with Crippen molar-refractivity contribution in [2.24, 2.45) is 17.7 Å². The molecule has 1 aliphatic heterocycles. The number of nitrogens with two attached hydrogens (primary N) is 1. The number of hydrogen-bond donors (Lipinski definition) is 3.